The fourth-order valence-corrected chi connectivity index (χ4v) is 2.03. The average Bonchev–Trinajstić information content (AvgIpc) is 3.05. The fourth-order valence-electron chi connectivity index (χ4n) is 2.03. The molecule has 6 nitrogen and oxygen atoms in total. The van der Waals surface area contributed by atoms with Crippen molar-refractivity contribution in [3.8, 4) is 5.69 Å². The molecule has 116 valence electrons. The Labute approximate surface area is 132 Å². The molecule has 0 unspecified atom stereocenters. The van der Waals surface area contributed by atoms with E-state index >= 15 is 0 Å². The van der Waals surface area contributed by atoms with Crippen molar-refractivity contribution in [2.24, 2.45) is 0 Å². The van der Waals surface area contributed by atoms with Crippen LogP contribution in [0.5, 0.6) is 0 Å². The molecule has 3 aromatic rings. The first-order valence-corrected chi connectivity index (χ1v) is 7.03. The quantitative estimate of drug-likeness (QED) is 0.778. The second kappa shape index (κ2) is 6.78. The van der Waals surface area contributed by atoms with Gasteiger partial charge < -0.3 is 5.32 Å². The minimum atomic E-state index is -0.318. The number of nitrogens with zero attached hydrogens (tertiary/aromatic N) is 4. The molecule has 0 aliphatic carbocycles. The van der Waals surface area contributed by atoms with Crippen molar-refractivity contribution in [1.29, 1.82) is 0 Å². The lowest BCUT2D eigenvalue weighted by Crippen LogP contribution is -2.24. The number of hydrogen-bond acceptors (Lipinski definition) is 4. The molecule has 0 spiro atoms. The van der Waals surface area contributed by atoms with Gasteiger partial charge in [0.1, 0.15) is 11.5 Å². The number of carbonyl (C=O) groups is 1. The Hall–Kier alpha value is -3.09. The maximum absolute atomic E-state index is 12.8. The Balaban J connectivity index is 1.55. The molecule has 3 rings (SSSR count). The largest absolute Gasteiger partial charge is 0.350 e. The van der Waals surface area contributed by atoms with Crippen LogP contribution in [0.3, 0.4) is 0 Å². The van der Waals surface area contributed by atoms with Gasteiger partial charge in [0.2, 0.25) is 5.91 Å². The summed E-state index contributed by atoms with van der Waals surface area (Å²) in [5.74, 6) is -0.478. The number of aromatic nitrogens is 4. The smallest absolute Gasteiger partial charge is 0.224 e. The minimum absolute atomic E-state index is 0.160. The molecule has 0 radical (unpaired) electrons. The van der Waals surface area contributed by atoms with E-state index in [1.165, 1.54) is 12.1 Å². The molecule has 0 bridgehead atoms. The normalized spacial score (nSPS) is 10.5. The van der Waals surface area contributed by atoms with Gasteiger partial charge >= 0.3 is 0 Å². The number of amides is 1. The minimum Gasteiger partial charge on any atom is -0.350 e. The molecule has 1 aromatic carbocycles. The molecule has 0 aliphatic heterocycles. The van der Waals surface area contributed by atoms with Crippen molar-refractivity contribution < 1.29 is 9.18 Å². The highest BCUT2D eigenvalue weighted by Gasteiger charge is 2.06. The molecular weight excluding hydrogens is 297 g/mol. The van der Waals surface area contributed by atoms with Gasteiger partial charge in [0.05, 0.1) is 31.0 Å². The third-order valence-electron chi connectivity index (χ3n) is 3.20. The highest BCUT2D eigenvalue weighted by atomic mass is 19.1. The Kier molecular flexibility index (Phi) is 4.37. The number of hydrogen-bond donors (Lipinski definition) is 1. The lowest BCUT2D eigenvalue weighted by atomic mass is 10.1. The van der Waals surface area contributed by atoms with Gasteiger partial charge in [-0.1, -0.05) is 17.3 Å². The molecular formula is C16H14FN5O. The van der Waals surface area contributed by atoms with Crippen LogP contribution in [-0.4, -0.2) is 25.9 Å². The van der Waals surface area contributed by atoms with Gasteiger partial charge in [-0.25, -0.2) is 9.07 Å². The molecule has 2 heterocycles. The summed E-state index contributed by atoms with van der Waals surface area (Å²) in [5, 5.41) is 10.8. The van der Waals surface area contributed by atoms with Crippen LogP contribution < -0.4 is 5.32 Å². The monoisotopic (exact) mass is 311 g/mol. The van der Waals surface area contributed by atoms with E-state index in [2.05, 4.69) is 20.6 Å². The number of rotatable bonds is 5. The van der Waals surface area contributed by atoms with Crippen LogP contribution in [0.25, 0.3) is 5.69 Å². The number of nitrogens with one attached hydrogen (secondary N) is 1. The predicted octanol–water partition coefficient (Wildman–Crippen LogP) is 1.66. The van der Waals surface area contributed by atoms with Crippen LogP contribution in [0.15, 0.2) is 55.0 Å². The zero-order valence-electron chi connectivity index (χ0n) is 12.2. The van der Waals surface area contributed by atoms with E-state index in [1.54, 1.807) is 41.5 Å². The average molecular weight is 311 g/mol. The molecule has 0 aliphatic rings. The van der Waals surface area contributed by atoms with E-state index < -0.39 is 0 Å². The zero-order chi connectivity index (χ0) is 16.1. The van der Waals surface area contributed by atoms with Crippen molar-refractivity contribution in [2.75, 3.05) is 0 Å². The lowest BCUT2D eigenvalue weighted by Gasteiger charge is -2.03. The first kappa shape index (κ1) is 14.8. The Morgan fingerprint density at radius 2 is 2.04 bits per heavy atom. The molecule has 1 amide bonds. The van der Waals surface area contributed by atoms with Crippen LogP contribution in [0.1, 0.15) is 11.3 Å². The summed E-state index contributed by atoms with van der Waals surface area (Å²) in [6, 6.07) is 9.52. The third-order valence-corrected chi connectivity index (χ3v) is 3.20. The van der Waals surface area contributed by atoms with Crippen molar-refractivity contribution in [3.05, 3.63) is 72.1 Å². The van der Waals surface area contributed by atoms with E-state index in [0.717, 1.165) is 11.3 Å². The highest BCUT2D eigenvalue weighted by Crippen LogP contribution is 2.05. The van der Waals surface area contributed by atoms with Gasteiger partial charge in [-0.05, 0) is 29.8 Å². The summed E-state index contributed by atoms with van der Waals surface area (Å²) in [6.07, 6.45) is 5.27. The van der Waals surface area contributed by atoms with E-state index in [4.69, 9.17) is 0 Å². The van der Waals surface area contributed by atoms with Gasteiger partial charge in [-0.15, -0.1) is 5.10 Å². The van der Waals surface area contributed by atoms with Crippen molar-refractivity contribution in [3.63, 3.8) is 0 Å². The van der Waals surface area contributed by atoms with E-state index in [9.17, 15) is 9.18 Å². The standard InChI is InChI=1S/C16H14FN5O/c17-13-5-3-12(4-6-13)8-16(23)19-9-14-11-22(21-20-14)15-2-1-7-18-10-15/h1-7,10-11H,8-9H2,(H,19,23). The Morgan fingerprint density at radius 3 is 2.78 bits per heavy atom. The van der Waals surface area contributed by atoms with Crippen LogP contribution in [-0.2, 0) is 17.8 Å². The summed E-state index contributed by atoms with van der Waals surface area (Å²) in [6.45, 7) is 0.278. The molecule has 2 aromatic heterocycles. The van der Waals surface area contributed by atoms with Crippen molar-refractivity contribution in [2.45, 2.75) is 13.0 Å². The van der Waals surface area contributed by atoms with E-state index in [-0.39, 0.29) is 24.7 Å². The summed E-state index contributed by atoms with van der Waals surface area (Å²) < 4.78 is 14.4. The predicted molar refractivity (Wildman–Crippen MR) is 81.1 cm³/mol. The Morgan fingerprint density at radius 1 is 1.22 bits per heavy atom. The van der Waals surface area contributed by atoms with Crippen LogP contribution in [0, 0.1) is 5.82 Å². The first-order chi connectivity index (χ1) is 11.2. The summed E-state index contributed by atoms with van der Waals surface area (Å²) in [7, 11) is 0. The van der Waals surface area contributed by atoms with Gasteiger partial charge in [0.25, 0.3) is 0 Å². The molecule has 0 fully saturated rings. The van der Waals surface area contributed by atoms with Crippen molar-refractivity contribution in [1.82, 2.24) is 25.3 Å². The fraction of sp³-hybridized carbons (Fsp3) is 0.125. The molecule has 7 heteroatoms. The van der Waals surface area contributed by atoms with Gasteiger partial charge in [-0.3, -0.25) is 9.78 Å². The summed E-state index contributed by atoms with van der Waals surface area (Å²) in [4.78, 5) is 15.9. The summed E-state index contributed by atoms with van der Waals surface area (Å²) >= 11 is 0. The highest BCUT2D eigenvalue weighted by molar-refractivity contribution is 5.78. The van der Waals surface area contributed by atoms with Gasteiger partial charge in [0, 0.05) is 6.20 Å². The van der Waals surface area contributed by atoms with Crippen molar-refractivity contribution >= 4 is 5.91 Å². The second-order valence-corrected chi connectivity index (χ2v) is 4.95. The SMILES string of the molecule is O=C(Cc1ccc(F)cc1)NCc1cn(-c2cccnc2)nn1. The number of pyridine rings is 1. The lowest BCUT2D eigenvalue weighted by molar-refractivity contribution is -0.120. The van der Waals surface area contributed by atoms with Gasteiger partial charge in [-0.2, -0.15) is 0 Å². The number of halogens is 1. The molecule has 1 N–H and O–H groups in total. The van der Waals surface area contributed by atoms with E-state index in [1.807, 2.05) is 6.07 Å². The maximum Gasteiger partial charge on any atom is 0.224 e. The van der Waals surface area contributed by atoms with Crippen LogP contribution in [0.2, 0.25) is 0 Å². The van der Waals surface area contributed by atoms with Gasteiger partial charge in [0.15, 0.2) is 0 Å². The third kappa shape index (κ3) is 3.97. The molecule has 0 saturated carbocycles. The maximum atomic E-state index is 12.8. The summed E-state index contributed by atoms with van der Waals surface area (Å²) in [5.41, 5.74) is 2.19. The first-order valence-electron chi connectivity index (χ1n) is 7.03. The molecule has 23 heavy (non-hydrogen) atoms. The molecule has 0 atom stereocenters. The number of carbonyl (C=O) groups excluding carboxylic acids is 1. The second-order valence-electron chi connectivity index (χ2n) is 4.95. The van der Waals surface area contributed by atoms with Crippen LogP contribution >= 0.6 is 0 Å². The van der Waals surface area contributed by atoms with E-state index in [0.29, 0.717) is 5.69 Å². The zero-order valence-corrected chi connectivity index (χ0v) is 12.2. The number of benzene rings is 1. The topological polar surface area (TPSA) is 72.7 Å². The van der Waals surface area contributed by atoms with Crippen LogP contribution in [0.4, 0.5) is 4.39 Å². The molecule has 0 saturated heterocycles. The Bertz CT molecular complexity index is 786.